The van der Waals surface area contributed by atoms with Crippen LogP contribution in [0, 0.1) is 11.8 Å². The minimum absolute atomic E-state index is 0.00981. The van der Waals surface area contributed by atoms with Crippen LogP contribution in [-0.4, -0.2) is 23.3 Å². The van der Waals surface area contributed by atoms with E-state index in [-0.39, 0.29) is 17.7 Å². The molecule has 0 aromatic rings. The predicted molar refractivity (Wildman–Crippen MR) is 50.0 cm³/mol. The van der Waals surface area contributed by atoms with Gasteiger partial charge in [-0.25, -0.2) is 0 Å². The molecule has 13 heavy (non-hydrogen) atoms. The lowest BCUT2D eigenvalue weighted by molar-refractivity contribution is -0.160. The Morgan fingerprint density at radius 2 is 2.23 bits per heavy atom. The lowest BCUT2D eigenvalue weighted by Gasteiger charge is -2.39. The van der Waals surface area contributed by atoms with Gasteiger partial charge in [0, 0.05) is 13.0 Å². The van der Waals surface area contributed by atoms with Crippen molar-refractivity contribution in [3.05, 3.63) is 0 Å². The van der Waals surface area contributed by atoms with Gasteiger partial charge in [0.15, 0.2) is 0 Å². The Morgan fingerprint density at radius 1 is 1.62 bits per heavy atom. The van der Waals surface area contributed by atoms with Crippen molar-refractivity contribution in [2.24, 2.45) is 11.8 Å². The Hall–Kier alpha value is -0.860. The highest BCUT2D eigenvalue weighted by Crippen LogP contribution is 2.25. The zero-order valence-electron chi connectivity index (χ0n) is 8.54. The van der Waals surface area contributed by atoms with Crippen molar-refractivity contribution < 1.29 is 9.59 Å². The van der Waals surface area contributed by atoms with Crippen LogP contribution >= 0.6 is 0 Å². The Balaban J connectivity index is 2.43. The maximum Gasteiger partial charge on any atom is 0.234 e. The van der Waals surface area contributed by atoms with Gasteiger partial charge in [-0.3, -0.25) is 14.5 Å². The van der Waals surface area contributed by atoms with Gasteiger partial charge in [-0.2, -0.15) is 0 Å². The van der Waals surface area contributed by atoms with Gasteiger partial charge in [0.1, 0.15) is 0 Å². The zero-order valence-corrected chi connectivity index (χ0v) is 8.54. The summed E-state index contributed by atoms with van der Waals surface area (Å²) < 4.78 is 0. The first-order chi connectivity index (χ1) is 6.07. The van der Waals surface area contributed by atoms with Gasteiger partial charge in [-0.1, -0.05) is 20.8 Å². The number of β-lactam (4-membered cyclic amide) rings is 1. The number of imide groups is 1. The second kappa shape index (κ2) is 3.90. The van der Waals surface area contributed by atoms with Gasteiger partial charge >= 0.3 is 0 Å². The molecule has 3 nitrogen and oxygen atoms in total. The summed E-state index contributed by atoms with van der Waals surface area (Å²) in [5, 5.41) is 0. The Bertz CT molecular complexity index is 223. The van der Waals surface area contributed by atoms with Gasteiger partial charge in [-0.05, 0) is 12.3 Å². The summed E-state index contributed by atoms with van der Waals surface area (Å²) in [5.74, 6) is 0.455. The van der Waals surface area contributed by atoms with E-state index in [1.807, 2.05) is 20.8 Å². The molecule has 1 rings (SSSR count). The fraction of sp³-hybridized carbons (Fsp3) is 0.800. The molecule has 1 fully saturated rings. The van der Waals surface area contributed by atoms with E-state index in [1.54, 1.807) is 0 Å². The lowest BCUT2D eigenvalue weighted by atomic mass is 9.87. The molecule has 2 amide bonds. The fourth-order valence-electron chi connectivity index (χ4n) is 1.52. The molecule has 0 aromatic heterocycles. The third-order valence-electron chi connectivity index (χ3n) is 2.53. The number of nitrogens with zero attached hydrogens (tertiary/aromatic N) is 1. The molecule has 1 heterocycles. The molecule has 0 N–H and O–H groups in total. The summed E-state index contributed by atoms with van der Waals surface area (Å²) in [5.41, 5.74) is 0. The van der Waals surface area contributed by atoms with Crippen LogP contribution in [0.25, 0.3) is 0 Å². The smallest absolute Gasteiger partial charge is 0.234 e. The molecular weight excluding hydrogens is 166 g/mol. The second-order valence-electron chi connectivity index (χ2n) is 3.94. The molecule has 3 heteroatoms. The summed E-state index contributed by atoms with van der Waals surface area (Å²) in [7, 11) is 0. The van der Waals surface area contributed by atoms with Crippen molar-refractivity contribution in [2.45, 2.75) is 33.6 Å². The van der Waals surface area contributed by atoms with E-state index >= 15 is 0 Å². The van der Waals surface area contributed by atoms with E-state index in [0.29, 0.717) is 18.9 Å². The van der Waals surface area contributed by atoms with Crippen molar-refractivity contribution in [1.29, 1.82) is 0 Å². The summed E-state index contributed by atoms with van der Waals surface area (Å²) >= 11 is 0. The summed E-state index contributed by atoms with van der Waals surface area (Å²) in [4.78, 5) is 24.1. The molecule has 0 radical (unpaired) electrons. The molecule has 74 valence electrons. The number of hydrogen-bond acceptors (Lipinski definition) is 2. The first-order valence-electron chi connectivity index (χ1n) is 4.92. The van der Waals surface area contributed by atoms with Crippen molar-refractivity contribution in [2.75, 3.05) is 6.54 Å². The zero-order chi connectivity index (χ0) is 10.0. The number of rotatable bonds is 3. The van der Waals surface area contributed by atoms with Crippen LogP contribution in [0.5, 0.6) is 0 Å². The van der Waals surface area contributed by atoms with Crippen LogP contribution in [0.3, 0.4) is 0 Å². The maximum absolute atomic E-state index is 11.4. The van der Waals surface area contributed by atoms with Crippen LogP contribution in [0.2, 0.25) is 0 Å². The third kappa shape index (κ3) is 1.90. The molecule has 1 saturated heterocycles. The molecule has 1 unspecified atom stereocenters. The highest BCUT2D eigenvalue weighted by atomic mass is 16.2. The Kier molecular flexibility index (Phi) is 3.07. The SMILES string of the molecule is CCCC(=O)N1CC(C(C)C)C1=O. The monoisotopic (exact) mass is 183 g/mol. The molecule has 1 aliphatic rings. The first-order valence-corrected chi connectivity index (χ1v) is 4.92. The number of hydrogen-bond donors (Lipinski definition) is 0. The Labute approximate surface area is 79.1 Å². The number of likely N-dealkylation sites (tertiary alicyclic amines) is 1. The van der Waals surface area contributed by atoms with E-state index in [9.17, 15) is 9.59 Å². The quantitative estimate of drug-likeness (QED) is 0.621. The molecule has 0 aliphatic carbocycles. The first kappa shape index (κ1) is 10.2. The summed E-state index contributed by atoms with van der Waals surface area (Å²) in [6.45, 7) is 6.62. The predicted octanol–water partition coefficient (Wildman–Crippen LogP) is 1.43. The third-order valence-corrected chi connectivity index (χ3v) is 2.53. The maximum atomic E-state index is 11.4. The minimum atomic E-state index is -0.00981. The largest absolute Gasteiger partial charge is 0.282 e. The summed E-state index contributed by atoms with van der Waals surface area (Å²) in [6, 6.07) is 0. The molecule has 0 bridgehead atoms. The average molecular weight is 183 g/mol. The molecule has 0 aromatic carbocycles. The van der Waals surface area contributed by atoms with Crippen molar-refractivity contribution >= 4 is 11.8 Å². The van der Waals surface area contributed by atoms with Crippen molar-refractivity contribution in [1.82, 2.24) is 4.90 Å². The van der Waals surface area contributed by atoms with Crippen LogP contribution in [-0.2, 0) is 9.59 Å². The summed E-state index contributed by atoms with van der Waals surface area (Å²) in [6.07, 6.45) is 1.31. The van der Waals surface area contributed by atoms with Gasteiger partial charge in [-0.15, -0.1) is 0 Å². The van der Waals surface area contributed by atoms with Crippen LogP contribution < -0.4 is 0 Å². The van der Waals surface area contributed by atoms with Gasteiger partial charge < -0.3 is 0 Å². The van der Waals surface area contributed by atoms with E-state index < -0.39 is 0 Å². The Morgan fingerprint density at radius 3 is 2.62 bits per heavy atom. The fourth-order valence-corrected chi connectivity index (χ4v) is 1.52. The topological polar surface area (TPSA) is 37.4 Å². The number of carbonyl (C=O) groups excluding carboxylic acids is 2. The molecule has 0 spiro atoms. The minimum Gasteiger partial charge on any atom is -0.282 e. The van der Waals surface area contributed by atoms with Crippen LogP contribution in [0.4, 0.5) is 0 Å². The van der Waals surface area contributed by atoms with E-state index in [4.69, 9.17) is 0 Å². The molecule has 0 saturated carbocycles. The van der Waals surface area contributed by atoms with Crippen molar-refractivity contribution in [3.63, 3.8) is 0 Å². The molecular formula is C10H17NO2. The van der Waals surface area contributed by atoms with Gasteiger partial charge in [0.25, 0.3) is 0 Å². The van der Waals surface area contributed by atoms with Crippen LogP contribution in [0.15, 0.2) is 0 Å². The van der Waals surface area contributed by atoms with E-state index in [0.717, 1.165) is 6.42 Å². The van der Waals surface area contributed by atoms with E-state index in [2.05, 4.69) is 0 Å². The normalized spacial score (nSPS) is 22.0. The average Bonchev–Trinajstić information content (AvgIpc) is 2.01. The van der Waals surface area contributed by atoms with Crippen molar-refractivity contribution in [3.8, 4) is 0 Å². The lowest BCUT2D eigenvalue weighted by Crippen LogP contribution is -2.56. The van der Waals surface area contributed by atoms with Gasteiger partial charge in [0.05, 0.1) is 5.92 Å². The number of amides is 2. The van der Waals surface area contributed by atoms with Crippen LogP contribution in [0.1, 0.15) is 33.6 Å². The number of carbonyl (C=O) groups is 2. The second-order valence-corrected chi connectivity index (χ2v) is 3.94. The standard InChI is InChI=1S/C10H17NO2/c1-4-5-9(12)11-6-8(7(2)3)10(11)13/h7-8H,4-6H2,1-3H3. The van der Waals surface area contributed by atoms with E-state index in [1.165, 1.54) is 4.90 Å². The molecule has 1 atom stereocenters. The highest BCUT2D eigenvalue weighted by Gasteiger charge is 2.41. The van der Waals surface area contributed by atoms with Gasteiger partial charge in [0.2, 0.25) is 11.8 Å². The highest BCUT2D eigenvalue weighted by molar-refractivity contribution is 6.00. The molecule has 1 aliphatic heterocycles.